The van der Waals surface area contributed by atoms with Gasteiger partial charge < -0.3 is 4.42 Å². The van der Waals surface area contributed by atoms with Gasteiger partial charge in [-0.2, -0.15) is 0 Å². The van der Waals surface area contributed by atoms with Gasteiger partial charge in [-0.3, -0.25) is 0 Å². The maximum Gasteiger partial charge on any atom is 0.240 e. The third-order valence-electron chi connectivity index (χ3n) is 3.90. The predicted octanol–water partition coefficient (Wildman–Crippen LogP) is 3.27. The quantitative estimate of drug-likeness (QED) is 0.771. The number of rotatable bonds is 5. The second kappa shape index (κ2) is 6.37. The van der Waals surface area contributed by atoms with Crippen LogP contribution in [0.2, 0.25) is 0 Å². The summed E-state index contributed by atoms with van der Waals surface area (Å²) in [5, 5.41) is 0. The highest BCUT2D eigenvalue weighted by Crippen LogP contribution is 2.18. The topological polar surface area (TPSA) is 72.2 Å². The van der Waals surface area contributed by atoms with E-state index in [4.69, 9.17) is 4.42 Å². The SMILES string of the molecule is Cc1ccc(C)c(S(=O)(=O)NCCc2ccc3oc(C)nc3c2)c1. The molecule has 0 aliphatic heterocycles. The first kappa shape index (κ1) is 16.7. The smallest absolute Gasteiger partial charge is 0.240 e. The van der Waals surface area contributed by atoms with Crippen molar-refractivity contribution in [2.75, 3.05) is 6.54 Å². The van der Waals surface area contributed by atoms with Crippen molar-refractivity contribution >= 4 is 21.1 Å². The zero-order chi connectivity index (χ0) is 17.3. The number of hydrogen-bond donors (Lipinski definition) is 1. The summed E-state index contributed by atoms with van der Waals surface area (Å²) in [6, 6.07) is 11.1. The van der Waals surface area contributed by atoms with Gasteiger partial charge in [0.15, 0.2) is 11.5 Å². The van der Waals surface area contributed by atoms with Gasteiger partial charge in [-0.05, 0) is 55.2 Å². The van der Waals surface area contributed by atoms with Crippen LogP contribution in [0, 0.1) is 20.8 Å². The fourth-order valence-corrected chi connectivity index (χ4v) is 4.01. The maximum absolute atomic E-state index is 12.5. The van der Waals surface area contributed by atoms with E-state index >= 15 is 0 Å². The van der Waals surface area contributed by atoms with Gasteiger partial charge in [0, 0.05) is 13.5 Å². The molecule has 24 heavy (non-hydrogen) atoms. The molecule has 0 atom stereocenters. The van der Waals surface area contributed by atoms with Crippen LogP contribution in [0.4, 0.5) is 0 Å². The van der Waals surface area contributed by atoms with Gasteiger partial charge in [-0.15, -0.1) is 0 Å². The lowest BCUT2D eigenvalue weighted by molar-refractivity contribution is 0.561. The number of aryl methyl sites for hydroxylation is 3. The summed E-state index contributed by atoms with van der Waals surface area (Å²) in [6.45, 7) is 5.82. The molecule has 0 saturated heterocycles. The molecule has 1 N–H and O–H groups in total. The zero-order valence-electron chi connectivity index (χ0n) is 14.0. The Morgan fingerprint density at radius 2 is 1.88 bits per heavy atom. The first-order chi connectivity index (χ1) is 11.3. The Bertz CT molecular complexity index is 991. The van der Waals surface area contributed by atoms with Crippen LogP contribution in [0.25, 0.3) is 11.1 Å². The van der Waals surface area contributed by atoms with Gasteiger partial charge in [0.1, 0.15) is 5.52 Å². The summed E-state index contributed by atoms with van der Waals surface area (Å²) in [4.78, 5) is 4.63. The second-order valence-corrected chi connectivity index (χ2v) is 7.69. The van der Waals surface area contributed by atoms with Crippen molar-refractivity contribution in [2.24, 2.45) is 0 Å². The maximum atomic E-state index is 12.5. The molecule has 1 aromatic heterocycles. The molecule has 0 aliphatic carbocycles. The molecule has 1 heterocycles. The molecule has 0 aliphatic rings. The number of aromatic nitrogens is 1. The van der Waals surface area contributed by atoms with Crippen LogP contribution >= 0.6 is 0 Å². The van der Waals surface area contributed by atoms with E-state index in [-0.39, 0.29) is 0 Å². The predicted molar refractivity (Wildman–Crippen MR) is 93.6 cm³/mol. The van der Waals surface area contributed by atoms with Crippen molar-refractivity contribution in [3.8, 4) is 0 Å². The minimum absolute atomic E-state index is 0.331. The summed E-state index contributed by atoms with van der Waals surface area (Å²) < 4.78 is 33.1. The van der Waals surface area contributed by atoms with Crippen molar-refractivity contribution in [3.63, 3.8) is 0 Å². The van der Waals surface area contributed by atoms with Gasteiger partial charge in [0.25, 0.3) is 0 Å². The van der Waals surface area contributed by atoms with Crippen molar-refractivity contribution in [1.29, 1.82) is 0 Å². The Hall–Kier alpha value is -2.18. The molecule has 0 fully saturated rings. The Balaban J connectivity index is 1.71. The third-order valence-corrected chi connectivity index (χ3v) is 5.50. The summed E-state index contributed by atoms with van der Waals surface area (Å²) in [5.74, 6) is 0.623. The minimum atomic E-state index is -3.51. The van der Waals surface area contributed by atoms with Gasteiger partial charge in [0.2, 0.25) is 10.0 Å². The molecule has 0 bridgehead atoms. The number of oxazole rings is 1. The van der Waals surface area contributed by atoms with E-state index in [9.17, 15) is 8.42 Å². The van der Waals surface area contributed by atoms with Gasteiger partial charge in [-0.25, -0.2) is 18.1 Å². The number of sulfonamides is 1. The lowest BCUT2D eigenvalue weighted by Crippen LogP contribution is -2.26. The fraction of sp³-hybridized carbons (Fsp3) is 0.278. The highest BCUT2D eigenvalue weighted by molar-refractivity contribution is 7.89. The van der Waals surface area contributed by atoms with Gasteiger partial charge in [-0.1, -0.05) is 18.2 Å². The van der Waals surface area contributed by atoms with E-state index in [0.717, 1.165) is 27.8 Å². The van der Waals surface area contributed by atoms with E-state index < -0.39 is 10.0 Å². The van der Waals surface area contributed by atoms with E-state index in [1.807, 2.05) is 37.3 Å². The largest absolute Gasteiger partial charge is 0.441 e. The Morgan fingerprint density at radius 1 is 1.08 bits per heavy atom. The highest BCUT2D eigenvalue weighted by atomic mass is 32.2. The molecule has 0 saturated carbocycles. The minimum Gasteiger partial charge on any atom is -0.441 e. The molecule has 0 spiro atoms. The highest BCUT2D eigenvalue weighted by Gasteiger charge is 2.16. The number of nitrogens with zero attached hydrogens (tertiary/aromatic N) is 1. The van der Waals surface area contributed by atoms with Crippen molar-refractivity contribution in [1.82, 2.24) is 9.71 Å². The van der Waals surface area contributed by atoms with Crippen LogP contribution in [0.1, 0.15) is 22.6 Å². The van der Waals surface area contributed by atoms with Crippen LogP contribution in [0.15, 0.2) is 45.7 Å². The molecular formula is C18H20N2O3S. The molecule has 6 heteroatoms. The van der Waals surface area contributed by atoms with Crippen LogP contribution in [0.3, 0.4) is 0 Å². The number of benzene rings is 2. The molecule has 3 rings (SSSR count). The molecule has 3 aromatic rings. The van der Waals surface area contributed by atoms with Gasteiger partial charge >= 0.3 is 0 Å². The van der Waals surface area contributed by atoms with E-state index in [1.54, 1.807) is 19.9 Å². The molecule has 2 aromatic carbocycles. The summed E-state index contributed by atoms with van der Waals surface area (Å²) in [7, 11) is -3.51. The Morgan fingerprint density at radius 3 is 2.67 bits per heavy atom. The average Bonchev–Trinajstić information content (AvgIpc) is 2.88. The summed E-state index contributed by atoms with van der Waals surface area (Å²) in [5.41, 5.74) is 4.22. The normalized spacial score (nSPS) is 12.0. The van der Waals surface area contributed by atoms with Gasteiger partial charge in [0.05, 0.1) is 4.90 Å². The van der Waals surface area contributed by atoms with Crippen LogP contribution in [-0.2, 0) is 16.4 Å². The Kier molecular flexibility index (Phi) is 4.43. The molecule has 0 unspecified atom stereocenters. The first-order valence-electron chi connectivity index (χ1n) is 7.78. The first-order valence-corrected chi connectivity index (χ1v) is 9.26. The standard InChI is InChI=1S/C18H20N2O3S/c1-12-4-5-13(2)18(10-12)24(21,22)19-9-8-15-6-7-17-16(11-15)20-14(3)23-17/h4-7,10-11,19H,8-9H2,1-3H3. The summed E-state index contributed by atoms with van der Waals surface area (Å²) >= 11 is 0. The second-order valence-electron chi connectivity index (χ2n) is 5.95. The molecule has 0 amide bonds. The van der Waals surface area contributed by atoms with Crippen LogP contribution < -0.4 is 4.72 Å². The van der Waals surface area contributed by atoms with E-state index in [0.29, 0.717) is 23.8 Å². The average molecular weight is 344 g/mol. The van der Waals surface area contributed by atoms with Crippen LogP contribution in [-0.4, -0.2) is 19.9 Å². The van der Waals surface area contributed by atoms with E-state index in [2.05, 4.69) is 9.71 Å². The third kappa shape index (κ3) is 3.49. The zero-order valence-corrected chi connectivity index (χ0v) is 14.8. The number of hydrogen-bond acceptors (Lipinski definition) is 4. The summed E-state index contributed by atoms with van der Waals surface area (Å²) in [6.07, 6.45) is 0.589. The monoisotopic (exact) mass is 344 g/mol. The van der Waals surface area contributed by atoms with Crippen molar-refractivity contribution < 1.29 is 12.8 Å². The molecule has 0 radical (unpaired) electrons. The van der Waals surface area contributed by atoms with Crippen molar-refractivity contribution in [3.05, 3.63) is 59.0 Å². The molecule has 5 nitrogen and oxygen atoms in total. The van der Waals surface area contributed by atoms with Crippen molar-refractivity contribution in [2.45, 2.75) is 32.1 Å². The molecular weight excluding hydrogens is 324 g/mol. The molecule has 126 valence electrons. The van der Waals surface area contributed by atoms with Crippen LogP contribution in [0.5, 0.6) is 0 Å². The fourth-order valence-electron chi connectivity index (χ4n) is 2.65. The Labute approximate surface area is 141 Å². The lowest BCUT2D eigenvalue weighted by Gasteiger charge is -2.10. The number of nitrogens with one attached hydrogen (secondary N) is 1. The van der Waals surface area contributed by atoms with E-state index in [1.165, 1.54) is 0 Å². The number of fused-ring (bicyclic) bond motifs is 1. The lowest BCUT2D eigenvalue weighted by atomic mass is 10.1.